The van der Waals surface area contributed by atoms with Crippen LogP contribution in [0.1, 0.15) is 12.8 Å². The normalized spacial score (nSPS) is 15.7. The van der Waals surface area contributed by atoms with E-state index in [0.29, 0.717) is 24.3 Å². The van der Waals surface area contributed by atoms with Crippen molar-refractivity contribution in [2.24, 2.45) is 5.92 Å². The van der Waals surface area contributed by atoms with Gasteiger partial charge in [0.2, 0.25) is 15.9 Å². The number of hydrogen-bond acceptors (Lipinski definition) is 5. The Morgan fingerprint density at radius 3 is 2.65 bits per heavy atom. The molecule has 0 atom stereocenters. The molecular formula is C21H19ClFN3O4S. The van der Waals surface area contributed by atoms with Crippen LogP contribution in [0.5, 0.6) is 0 Å². The van der Waals surface area contributed by atoms with Gasteiger partial charge in [-0.05, 0) is 43.2 Å². The van der Waals surface area contributed by atoms with Crippen molar-refractivity contribution in [2.45, 2.75) is 17.7 Å². The van der Waals surface area contributed by atoms with Gasteiger partial charge in [-0.15, -0.1) is 0 Å². The average Bonchev–Trinajstić information content (AvgIpc) is 3.31. The van der Waals surface area contributed by atoms with Crippen LogP contribution in [0, 0.1) is 11.7 Å². The van der Waals surface area contributed by atoms with Crippen molar-refractivity contribution in [2.75, 3.05) is 18.4 Å². The summed E-state index contributed by atoms with van der Waals surface area (Å²) < 4.78 is 45.5. The summed E-state index contributed by atoms with van der Waals surface area (Å²) in [5.74, 6) is -0.576. The third-order valence-electron chi connectivity index (χ3n) is 5.20. The first kappa shape index (κ1) is 21.5. The van der Waals surface area contributed by atoms with Crippen LogP contribution in [0.3, 0.4) is 0 Å². The molecule has 1 aromatic heterocycles. The van der Waals surface area contributed by atoms with E-state index < -0.39 is 15.8 Å². The van der Waals surface area contributed by atoms with Crippen molar-refractivity contribution in [1.82, 2.24) is 9.29 Å². The Kier molecular flexibility index (Phi) is 6.08. The molecule has 1 aliphatic heterocycles. The molecule has 1 N–H and O–H groups in total. The molecule has 1 saturated heterocycles. The topological polar surface area (TPSA) is 92.5 Å². The van der Waals surface area contributed by atoms with E-state index >= 15 is 0 Å². The van der Waals surface area contributed by atoms with Gasteiger partial charge < -0.3 is 9.73 Å². The van der Waals surface area contributed by atoms with Gasteiger partial charge in [-0.25, -0.2) is 17.8 Å². The molecule has 7 nitrogen and oxygen atoms in total. The molecule has 4 rings (SSSR count). The molecule has 1 aliphatic rings. The smallest absolute Gasteiger partial charge is 0.243 e. The lowest BCUT2D eigenvalue weighted by Crippen LogP contribution is -2.41. The van der Waals surface area contributed by atoms with Crippen LogP contribution in [-0.2, 0) is 14.8 Å². The summed E-state index contributed by atoms with van der Waals surface area (Å²) in [6.07, 6.45) is 3.68. The number of carbonyl (C=O) groups excluding carboxylic acids is 1. The molecule has 1 amide bonds. The number of benzene rings is 2. The Morgan fingerprint density at radius 1 is 1.19 bits per heavy atom. The Morgan fingerprint density at radius 2 is 1.97 bits per heavy atom. The summed E-state index contributed by atoms with van der Waals surface area (Å²) in [5.41, 5.74) is 1.41. The van der Waals surface area contributed by atoms with Crippen LogP contribution in [0.2, 0.25) is 5.02 Å². The molecule has 1 fully saturated rings. The van der Waals surface area contributed by atoms with Gasteiger partial charge in [0.1, 0.15) is 5.82 Å². The SMILES string of the molecule is O=C(Nc1cccc(-c2cnco2)c1)C1CCN(S(=O)(=O)c2ccc(F)c(Cl)c2)CC1. The minimum absolute atomic E-state index is 0.0639. The van der Waals surface area contributed by atoms with Gasteiger partial charge >= 0.3 is 0 Å². The van der Waals surface area contributed by atoms with Crippen LogP contribution in [0.25, 0.3) is 11.3 Å². The fourth-order valence-corrected chi connectivity index (χ4v) is 5.24. The van der Waals surface area contributed by atoms with Crippen LogP contribution in [0.4, 0.5) is 10.1 Å². The fraction of sp³-hybridized carbons (Fsp3) is 0.238. The van der Waals surface area contributed by atoms with E-state index in [1.807, 2.05) is 6.07 Å². The highest BCUT2D eigenvalue weighted by Crippen LogP contribution is 2.28. The van der Waals surface area contributed by atoms with Crippen LogP contribution >= 0.6 is 11.6 Å². The lowest BCUT2D eigenvalue weighted by Gasteiger charge is -2.30. The summed E-state index contributed by atoms with van der Waals surface area (Å²) >= 11 is 5.72. The number of rotatable bonds is 5. The van der Waals surface area contributed by atoms with E-state index in [9.17, 15) is 17.6 Å². The molecule has 2 aromatic carbocycles. The number of nitrogens with zero attached hydrogens (tertiary/aromatic N) is 2. The molecule has 0 saturated carbocycles. The Labute approximate surface area is 183 Å². The largest absolute Gasteiger partial charge is 0.444 e. The lowest BCUT2D eigenvalue weighted by molar-refractivity contribution is -0.120. The van der Waals surface area contributed by atoms with Gasteiger partial charge in [0, 0.05) is 30.3 Å². The number of halogens is 2. The molecule has 0 unspecified atom stereocenters. The zero-order chi connectivity index (χ0) is 22.0. The quantitative estimate of drug-likeness (QED) is 0.613. The summed E-state index contributed by atoms with van der Waals surface area (Å²) in [5, 5.41) is 2.64. The van der Waals surface area contributed by atoms with Crippen LogP contribution in [0.15, 0.2) is 64.4 Å². The molecule has 0 bridgehead atoms. The van der Waals surface area contributed by atoms with Gasteiger partial charge in [0.05, 0.1) is 16.1 Å². The predicted molar refractivity (Wildman–Crippen MR) is 113 cm³/mol. The molecule has 162 valence electrons. The van der Waals surface area contributed by atoms with Gasteiger partial charge in [-0.1, -0.05) is 23.7 Å². The molecular weight excluding hydrogens is 445 g/mol. The molecule has 10 heteroatoms. The summed E-state index contributed by atoms with van der Waals surface area (Å²) in [7, 11) is -3.81. The molecule has 3 aromatic rings. The number of piperidine rings is 1. The average molecular weight is 464 g/mol. The number of carbonyl (C=O) groups is 1. The molecule has 0 aliphatic carbocycles. The first-order chi connectivity index (χ1) is 14.8. The van der Waals surface area contributed by atoms with Crippen LogP contribution in [-0.4, -0.2) is 36.7 Å². The highest BCUT2D eigenvalue weighted by atomic mass is 35.5. The highest BCUT2D eigenvalue weighted by molar-refractivity contribution is 7.89. The van der Waals surface area contributed by atoms with E-state index in [4.69, 9.17) is 16.0 Å². The van der Waals surface area contributed by atoms with Crippen molar-refractivity contribution in [3.05, 3.63) is 65.9 Å². The number of nitrogens with one attached hydrogen (secondary N) is 1. The van der Waals surface area contributed by atoms with Crippen LogP contribution < -0.4 is 5.32 Å². The second kappa shape index (κ2) is 8.78. The first-order valence-electron chi connectivity index (χ1n) is 9.59. The van der Waals surface area contributed by atoms with Gasteiger partial charge in [0.25, 0.3) is 0 Å². The third-order valence-corrected chi connectivity index (χ3v) is 7.38. The van der Waals surface area contributed by atoms with Gasteiger partial charge in [-0.2, -0.15) is 4.31 Å². The van der Waals surface area contributed by atoms with E-state index in [0.717, 1.165) is 17.7 Å². The van der Waals surface area contributed by atoms with Crippen molar-refractivity contribution >= 4 is 33.2 Å². The Bertz CT molecular complexity index is 1190. The predicted octanol–water partition coefficient (Wildman–Crippen LogP) is 4.17. The summed E-state index contributed by atoms with van der Waals surface area (Å²) in [4.78, 5) is 16.5. The molecule has 2 heterocycles. The number of aromatic nitrogens is 1. The molecule has 0 spiro atoms. The van der Waals surface area contributed by atoms with Crippen molar-refractivity contribution in [3.63, 3.8) is 0 Å². The van der Waals surface area contributed by atoms with Gasteiger partial charge in [0.15, 0.2) is 12.2 Å². The second-order valence-electron chi connectivity index (χ2n) is 7.19. The van der Waals surface area contributed by atoms with Crippen molar-refractivity contribution in [3.8, 4) is 11.3 Å². The third kappa shape index (κ3) is 4.63. The number of amides is 1. The molecule has 31 heavy (non-hydrogen) atoms. The fourth-order valence-electron chi connectivity index (χ4n) is 3.50. The second-order valence-corrected chi connectivity index (χ2v) is 9.54. The number of hydrogen-bond donors (Lipinski definition) is 1. The minimum Gasteiger partial charge on any atom is -0.444 e. The first-order valence-corrected chi connectivity index (χ1v) is 11.4. The van der Waals surface area contributed by atoms with E-state index in [1.165, 1.54) is 16.8 Å². The zero-order valence-corrected chi connectivity index (χ0v) is 17.9. The van der Waals surface area contributed by atoms with Gasteiger partial charge in [-0.3, -0.25) is 4.79 Å². The maximum Gasteiger partial charge on any atom is 0.243 e. The highest BCUT2D eigenvalue weighted by Gasteiger charge is 2.32. The van der Waals surface area contributed by atoms with E-state index in [2.05, 4.69) is 10.3 Å². The van der Waals surface area contributed by atoms with E-state index in [-0.39, 0.29) is 34.8 Å². The lowest BCUT2D eigenvalue weighted by atomic mass is 9.97. The minimum atomic E-state index is -3.81. The van der Waals surface area contributed by atoms with E-state index in [1.54, 1.807) is 24.4 Å². The summed E-state index contributed by atoms with van der Waals surface area (Å²) in [6.45, 7) is 0.376. The monoisotopic (exact) mass is 463 g/mol. The Balaban J connectivity index is 1.39. The maximum absolute atomic E-state index is 13.4. The zero-order valence-electron chi connectivity index (χ0n) is 16.3. The number of oxazole rings is 1. The van der Waals surface area contributed by atoms with Crippen molar-refractivity contribution in [1.29, 1.82) is 0 Å². The number of anilines is 1. The number of sulfonamides is 1. The molecule has 0 radical (unpaired) electrons. The van der Waals surface area contributed by atoms with Crippen molar-refractivity contribution < 1.29 is 22.0 Å². The standard InChI is InChI=1S/C21H19ClFN3O4S/c22-18-11-17(4-5-19(18)23)31(28,29)26-8-6-14(7-9-26)21(27)25-16-3-1-2-15(10-16)20-12-24-13-30-20/h1-5,10-14H,6-9H2,(H,25,27). The maximum atomic E-state index is 13.4. The Hall–Kier alpha value is -2.75. The summed E-state index contributed by atoms with van der Waals surface area (Å²) in [6, 6.07) is 10.5.